The minimum Gasteiger partial charge on any atom is -0.320 e. The lowest BCUT2D eigenvalue weighted by molar-refractivity contribution is -0.142. The Morgan fingerprint density at radius 3 is 2.36 bits per heavy atom. The first-order valence-corrected chi connectivity index (χ1v) is 7.72. The standard InChI is InChI=1S/C18H11F5N4O/c1-2-10-8-14(18(21,22)23)27(26-10)15-7-6-11(9-24-15)25-17(28)16-12(19)4-3-5-13(16)20/h2-9H,1H2,(H,25,28). The molecule has 0 radical (unpaired) electrons. The second kappa shape index (κ2) is 7.22. The van der Waals surface area contributed by atoms with Crippen LogP contribution < -0.4 is 5.32 Å². The lowest BCUT2D eigenvalue weighted by Crippen LogP contribution is -2.17. The largest absolute Gasteiger partial charge is 0.433 e. The first-order valence-electron chi connectivity index (χ1n) is 7.72. The molecule has 144 valence electrons. The Morgan fingerprint density at radius 1 is 1.14 bits per heavy atom. The lowest BCUT2D eigenvalue weighted by Gasteiger charge is -2.10. The molecule has 1 N–H and O–H groups in total. The van der Waals surface area contributed by atoms with Crippen molar-refractivity contribution in [3.05, 3.63) is 77.8 Å². The highest BCUT2D eigenvalue weighted by Crippen LogP contribution is 2.31. The molecule has 0 aliphatic heterocycles. The Labute approximate surface area is 155 Å². The Morgan fingerprint density at radius 2 is 1.82 bits per heavy atom. The molecular weight excluding hydrogens is 383 g/mol. The van der Waals surface area contributed by atoms with Gasteiger partial charge < -0.3 is 5.32 Å². The van der Waals surface area contributed by atoms with Gasteiger partial charge in [0.25, 0.3) is 5.91 Å². The summed E-state index contributed by atoms with van der Waals surface area (Å²) in [6.07, 6.45) is -2.48. The van der Waals surface area contributed by atoms with Gasteiger partial charge in [0.05, 0.1) is 17.6 Å². The highest BCUT2D eigenvalue weighted by atomic mass is 19.4. The van der Waals surface area contributed by atoms with E-state index in [0.717, 1.165) is 36.5 Å². The molecule has 3 aromatic rings. The number of rotatable bonds is 4. The van der Waals surface area contributed by atoms with E-state index in [1.807, 2.05) is 0 Å². The number of nitrogens with one attached hydrogen (secondary N) is 1. The van der Waals surface area contributed by atoms with Crippen LogP contribution in [0.5, 0.6) is 0 Å². The number of alkyl halides is 3. The van der Waals surface area contributed by atoms with Crippen molar-refractivity contribution in [3.8, 4) is 5.82 Å². The molecule has 0 spiro atoms. The van der Waals surface area contributed by atoms with Crippen molar-refractivity contribution in [2.24, 2.45) is 0 Å². The summed E-state index contributed by atoms with van der Waals surface area (Å²) in [5.74, 6) is -3.33. The number of hydrogen-bond donors (Lipinski definition) is 1. The van der Waals surface area contributed by atoms with Crippen molar-refractivity contribution in [2.75, 3.05) is 5.32 Å². The van der Waals surface area contributed by atoms with Crippen LogP contribution in [0.15, 0.2) is 49.2 Å². The minimum absolute atomic E-state index is 0.00142. The Hall–Kier alpha value is -3.56. The monoisotopic (exact) mass is 394 g/mol. The van der Waals surface area contributed by atoms with Crippen LogP contribution in [0.2, 0.25) is 0 Å². The molecule has 0 bridgehead atoms. The fourth-order valence-electron chi connectivity index (χ4n) is 2.37. The van der Waals surface area contributed by atoms with Crippen LogP contribution in [-0.2, 0) is 6.18 Å². The number of aromatic nitrogens is 3. The number of carbonyl (C=O) groups excluding carboxylic acids is 1. The zero-order chi connectivity index (χ0) is 20.5. The predicted octanol–water partition coefficient (Wildman–Crippen LogP) is 4.46. The lowest BCUT2D eigenvalue weighted by atomic mass is 10.2. The molecule has 5 nitrogen and oxygen atoms in total. The van der Waals surface area contributed by atoms with Crippen molar-refractivity contribution in [2.45, 2.75) is 6.18 Å². The summed E-state index contributed by atoms with van der Waals surface area (Å²) in [6, 6.07) is 6.17. The number of benzene rings is 1. The second-order valence-corrected chi connectivity index (χ2v) is 5.52. The summed E-state index contributed by atoms with van der Waals surface area (Å²) in [5, 5.41) is 5.99. The average molecular weight is 394 g/mol. The molecule has 1 amide bonds. The molecule has 2 heterocycles. The number of pyridine rings is 1. The van der Waals surface area contributed by atoms with Crippen LogP contribution in [0.1, 0.15) is 21.7 Å². The van der Waals surface area contributed by atoms with Crippen LogP contribution in [0.3, 0.4) is 0 Å². The summed E-state index contributed by atoms with van der Waals surface area (Å²) in [4.78, 5) is 15.9. The Bertz CT molecular complexity index is 1020. The van der Waals surface area contributed by atoms with Crippen LogP contribution in [-0.4, -0.2) is 20.7 Å². The molecule has 28 heavy (non-hydrogen) atoms. The van der Waals surface area contributed by atoms with E-state index < -0.39 is 35.0 Å². The Kier molecular flexibility index (Phi) is 4.95. The smallest absolute Gasteiger partial charge is 0.320 e. The third-order valence-corrected chi connectivity index (χ3v) is 3.64. The quantitative estimate of drug-likeness (QED) is 0.665. The summed E-state index contributed by atoms with van der Waals surface area (Å²) in [7, 11) is 0. The molecule has 0 fully saturated rings. The zero-order valence-corrected chi connectivity index (χ0v) is 14.0. The number of carbonyl (C=O) groups is 1. The summed E-state index contributed by atoms with van der Waals surface area (Å²) in [5.41, 5.74) is -1.81. The van der Waals surface area contributed by atoms with Gasteiger partial charge >= 0.3 is 6.18 Å². The maximum absolute atomic E-state index is 13.6. The van der Waals surface area contributed by atoms with E-state index in [0.29, 0.717) is 4.68 Å². The van der Waals surface area contributed by atoms with Crippen LogP contribution >= 0.6 is 0 Å². The number of amides is 1. The second-order valence-electron chi connectivity index (χ2n) is 5.52. The molecule has 0 saturated heterocycles. The van der Waals surface area contributed by atoms with E-state index >= 15 is 0 Å². The van der Waals surface area contributed by atoms with Gasteiger partial charge in [-0.15, -0.1) is 0 Å². The van der Waals surface area contributed by atoms with Gasteiger partial charge in [-0.05, 0) is 36.4 Å². The molecule has 0 aliphatic rings. The van der Waals surface area contributed by atoms with Crippen LogP contribution in [0.4, 0.5) is 27.6 Å². The first kappa shape index (κ1) is 19.2. The predicted molar refractivity (Wildman–Crippen MR) is 90.8 cm³/mol. The van der Waals surface area contributed by atoms with E-state index in [1.165, 1.54) is 12.1 Å². The fourth-order valence-corrected chi connectivity index (χ4v) is 2.37. The molecular formula is C18H11F5N4O. The van der Waals surface area contributed by atoms with Crippen molar-refractivity contribution in [1.82, 2.24) is 14.8 Å². The molecule has 10 heteroatoms. The number of halogens is 5. The van der Waals surface area contributed by atoms with Crippen LogP contribution in [0.25, 0.3) is 11.9 Å². The summed E-state index contributed by atoms with van der Waals surface area (Å²) < 4.78 is 67.3. The highest BCUT2D eigenvalue weighted by molar-refractivity contribution is 6.04. The maximum atomic E-state index is 13.6. The van der Waals surface area contributed by atoms with Gasteiger partial charge in [0.15, 0.2) is 11.5 Å². The topological polar surface area (TPSA) is 59.8 Å². The molecule has 3 rings (SSSR count). The average Bonchev–Trinajstić information content (AvgIpc) is 3.07. The number of nitrogens with zero attached hydrogens (tertiary/aromatic N) is 3. The third-order valence-electron chi connectivity index (χ3n) is 3.64. The molecule has 2 aromatic heterocycles. The van der Waals surface area contributed by atoms with E-state index in [9.17, 15) is 26.7 Å². The number of anilines is 1. The highest BCUT2D eigenvalue weighted by Gasteiger charge is 2.36. The first-order chi connectivity index (χ1) is 13.2. The SMILES string of the molecule is C=Cc1cc(C(F)(F)F)n(-c2ccc(NC(=O)c3c(F)cccc3F)cn2)n1. The van der Waals surface area contributed by atoms with Gasteiger partial charge in [0.2, 0.25) is 0 Å². The summed E-state index contributed by atoms with van der Waals surface area (Å²) in [6.45, 7) is 3.38. The van der Waals surface area contributed by atoms with Gasteiger partial charge in [-0.1, -0.05) is 12.6 Å². The molecule has 0 atom stereocenters. The third kappa shape index (κ3) is 3.75. The van der Waals surface area contributed by atoms with Crippen LogP contribution in [0, 0.1) is 11.6 Å². The molecule has 0 saturated carbocycles. The fraction of sp³-hybridized carbons (Fsp3) is 0.0556. The van der Waals surface area contributed by atoms with Gasteiger partial charge in [-0.2, -0.15) is 18.3 Å². The van der Waals surface area contributed by atoms with Gasteiger partial charge in [-0.3, -0.25) is 4.79 Å². The molecule has 0 unspecified atom stereocenters. The van der Waals surface area contributed by atoms with E-state index in [4.69, 9.17) is 0 Å². The zero-order valence-electron chi connectivity index (χ0n) is 14.0. The number of hydrogen-bond acceptors (Lipinski definition) is 3. The maximum Gasteiger partial charge on any atom is 0.433 e. The van der Waals surface area contributed by atoms with E-state index in [1.54, 1.807) is 0 Å². The van der Waals surface area contributed by atoms with E-state index in [2.05, 4.69) is 22.0 Å². The Balaban J connectivity index is 1.88. The van der Waals surface area contributed by atoms with Crippen molar-refractivity contribution < 1.29 is 26.7 Å². The summed E-state index contributed by atoms with van der Waals surface area (Å²) >= 11 is 0. The van der Waals surface area contributed by atoms with Crippen molar-refractivity contribution in [1.29, 1.82) is 0 Å². The molecule has 0 aliphatic carbocycles. The van der Waals surface area contributed by atoms with Crippen molar-refractivity contribution >= 4 is 17.7 Å². The van der Waals surface area contributed by atoms with Gasteiger partial charge in [-0.25, -0.2) is 18.4 Å². The van der Waals surface area contributed by atoms with Gasteiger partial charge in [0.1, 0.15) is 17.2 Å². The molecule has 1 aromatic carbocycles. The van der Waals surface area contributed by atoms with Gasteiger partial charge in [0, 0.05) is 0 Å². The van der Waals surface area contributed by atoms with E-state index in [-0.39, 0.29) is 17.2 Å². The normalized spacial score (nSPS) is 11.3. The minimum atomic E-state index is -4.68. The van der Waals surface area contributed by atoms with Crippen molar-refractivity contribution in [3.63, 3.8) is 0 Å².